The van der Waals surface area contributed by atoms with Gasteiger partial charge in [0.05, 0.1) is 19.6 Å². The molecule has 0 spiro atoms. The summed E-state index contributed by atoms with van der Waals surface area (Å²) in [6.07, 6.45) is 2.73. The number of benzene rings is 1. The maximum atomic E-state index is 6.01. The first-order chi connectivity index (χ1) is 11.6. The van der Waals surface area contributed by atoms with Crippen molar-refractivity contribution in [3.8, 4) is 11.5 Å². The van der Waals surface area contributed by atoms with E-state index in [1.807, 2.05) is 18.2 Å². The van der Waals surface area contributed by atoms with E-state index in [2.05, 4.69) is 15.3 Å². The van der Waals surface area contributed by atoms with Crippen LogP contribution in [0.4, 0.5) is 11.8 Å². The van der Waals surface area contributed by atoms with Gasteiger partial charge in [-0.1, -0.05) is 0 Å². The second kappa shape index (κ2) is 6.92. The molecule has 24 heavy (non-hydrogen) atoms. The number of rotatable bonds is 6. The molecule has 0 aliphatic rings. The average Bonchev–Trinajstić information content (AvgIpc) is 2.97. The van der Waals surface area contributed by atoms with Crippen LogP contribution in [0.5, 0.6) is 11.5 Å². The molecule has 6 nitrogen and oxygen atoms in total. The third-order valence-corrected chi connectivity index (χ3v) is 4.86. The quantitative estimate of drug-likeness (QED) is 0.713. The molecule has 0 atom stereocenters. The maximum Gasteiger partial charge on any atom is 0.223 e. The summed E-state index contributed by atoms with van der Waals surface area (Å²) in [6, 6.07) is 5.85. The molecule has 0 radical (unpaired) electrons. The molecule has 2 heterocycles. The molecule has 0 amide bonds. The van der Waals surface area contributed by atoms with Crippen molar-refractivity contribution < 1.29 is 9.47 Å². The number of anilines is 2. The third kappa shape index (κ3) is 3.21. The number of methoxy groups -OCH3 is 2. The molecule has 3 aromatic rings. The van der Waals surface area contributed by atoms with Crippen molar-refractivity contribution in [1.82, 2.24) is 9.97 Å². The smallest absolute Gasteiger partial charge is 0.223 e. The molecule has 7 heteroatoms. The zero-order valence-electron chi connectivity index (χ0n) is 13.7. The molecular weight excluding hydrogens is 324 g/mol. The molecule has 0 unspecified atom stereocenters. The number of ether oxygens (including phenoxy) is 2. The van der Waals surface area contributed by atoms with E-state index < -0.39 is 0 Å². The first-order valence-electron chi connectivity index (χ1n) is 7.62. The Labute approximate surface area is 144 Å². The molecule has 2 aromatic heterocycles. The van der Waals surface area contributed by atoms with E-state index in [0.717, 1.165) is 52.1 Å². The van der Waals surface area contributed by atoms with Crippen LogP contribution < -0.4 is 20.9 Å². The molecule has 1 aromatic carbocycles. The monoisotopic (exact) mass is 344 g/mol. The Bertz CT molecular complexity index is 863. The van der Waals surface area contributed by atoms with Crippen LogP contribution in [0.3, 0.4) is 0 Å². The third-order valence-electron chi connectivity index (χ3n) is 3.93. The predicted molar refractivity (Wildman–Crippen MR) is 97.8 cm³/mol. The molecule has 0 fully saturated rings. The Hall–Kier alpha value is -2.54. The Morgan fingerprint density at radius 3 is 2.58 bits per heavy atom. The molecule has 0 aliphatic heterocycles. The molecule has 3 rings (SSSR count). The van der Waals surface area contributed by atoms with Crippen molar-refractivity contribution in [2.45, 2.75) is 19.3 Å². The zero-order chi connectivity index (χ0) is 17.1. The van der Waals surface area contributed by atoms with Crippen molar-refractivity contribution in [3.63, 3.8) is 0 Å². The fourth-order valence-electron chi connectivity index (χ4n) is 2.78. The van der Waals surface area contributed by atoms with Gasteiger partial charge < -0.3 is 20.9 Å². The van der Waals surface area contributed by atoms with Gasteiger partial charge in [0.2, 0.25) is 5.95 Å². The van der Waals surface area contributed by atoms with Gasteiger partial charge in [-0.15, -0.1) is 11.3 Å². The molecule has 0 saturated heterocycles. The molecule has 0 aliphatic carbocycles. The number of fused-ring (bicyclic) bond motifs is 1. The van der Waals surface area contributed by atoms with Gasteiger partial charge in [0.15, 0.2) is 0 Å². The normalized spacial score (nSPS) is 10.9. The number of aromatic nitrogens is 2. The predicted octanol–water partition coefficient (Wildman–Crippen LogP) is 3.05. The Balaban J connectivity index is 1.75. The first-order valence-corrected chi connectivity index (χ1v) is 8.50. The summed E-state index contributed by atoms with van der Waals surface area (Å²) in [5.41, 5.74) is 13.9. The van der Waals surface area contributed by atoms with Gasteiger partial charge in [0.1, 0.15) is 22.1 Å². The van der Waals surface area contributed by atoms with Gasteiger partial charge in [-0.2, -0.15) is 4.98 Å². The van der Waals surface area contributed by atoms with E-state index in [4.69, 9.17) is 20.9 Å². The number of thiophene rings is 1. The highest BCUT2D eigenvalue weighted by Crippen LogP contribution is 2.31. The lowest BCUT2D eigenvalue weighted by Gasteiger charge is -2.10. The minimum Gasteiger partial charge on any atom is -0.497 e. The van der Waals surface area contributed by atoms with Crippen molar-refractivity contribution >= 4 is 33.3 Å². The fraction of sp³-hybridized carbons (Fsp3) is 0.294. The van der Waals surface area contributed by atoms with Crippen molar-refractivity contribution in [2.75, 3.05) is 25.7 Å². The zero-order valence-corrected chi connectivity index (χ0v) is 14.5. The lowest BCUT2D eigenvalue weighted by molar-refractivity contribution is 0.398. The van der Waals surface area contributed by atoms with Gasteiger partial charge in [-0.05, 0) is 54.0 Å². The topological polar surface area (TPSA) is 96.3 Å². The van der Waals surface area contributed by atoms with Gasteiger partial charge in [-0.25, -0.2) is 4.98 Å². The number of nitrogens with two attached hydrogens (primary N) is 2. The molecule has 0 bridgehead atoms. The van der Waals surface area contributed by atoms with Crippen LogP contribution in [0.25, 0.3) is 10.2 Å². The molecule has 126 valence electrons. The molecular formula is C17H20N4O2S. The van der Waals surface area contributed by atoms with Gasteiger partial charge in [-0.3, -0.25) is 0 Å². The average molecular weight is 344 g/mol. The van der Waals surface area contributed by atoms with E-state index in [-0.39, 0.29) is 5.95 Å². The van der Waals surface area contributed by atoms with E-state index >= 15 is 0 Å². The maximum absolute atomic E-state index is 6.01. The number of hydrogen-bond donors (Lipinski definition) is 2. The summed E-state index contributed by atoms with van der Waals surface area (Å²) in [5.74, 6) is 2.38. The molecule has 0 saturated carbocycles. The lowest BCUT2D eigenvalue weighted by atomic mass is 10.0. The van der Waals surface area contributed by atoms with Crippen LogP contribution in [0.15, 0.2) is 23.6 Å². The van der Waals surface area contributed by atoms with Crippen LogP contribution in [0.2, 0.25) is 0 Å². The minimum atomic E-state index is 0.217. The van der Waals surface area contributed by atoms with Crippen LogP contribution >= 0.6 is 11.3 Å². The summed E-state index contributed by atoms with van der Waals surface area (Å²) in [4.78, 5) is 9.15. The van der Waals surface area contributed by atoms with Crippen LogP contribution in [-0.2, 0) is 12.8 Å². The largest absolute Gasteiger partial charge is 0.497 e. The second-order valence-corrected chi connectivity index (χ2v) is 6.30. The highest BCUT2D eigenvalue weighted by Gasteiger charge is 2.12. The van der Waals surface area contributed by atoms with Crippen molar-refractivity contribution in [2.24, 2.45) is 0 Å². The standard InChI is InChI=1S/C17H20N4O2S/c1-22-12-6-7-13(23-2)10(8-12)4-3-5-11-9-24-16-14(11)15(18)20-17(19)21-16/h6-9H,3-5H2,1-2H3,(H4,18,19,20,21). The number of hydrogen-bond acceptors (Lipinski definition) is 7. The highest BCUT2D eigenvalue weighted by atomic mass is 32.1. The fourth-order valence-corrected chi connectivity index (χ4v) is 3.77. The van der Waals surface area contributed by atoms with E-state index in [1.54, 1.807) is 25.6 Å². The number of aryl methyl sites for hydroxylation is 2. The first kappa shape index (κ1) is 16.3. The van der Waals surface area contributed by atoms with Gasteiger partial charge in [0, 0.05) is 0 Å². The summed E-state index contributed by atoms with van der Waals surface area (Å²) in [5, 5.41) is 3.00. The van der Waals surface area contributed by atoms with Crippen LogP contribution in [-0.4, -0.2) is 24.2 Å². The summed E-state index contributed by atoms with van der Waals surface area (Å²) in [7, 11) is 3.34. The van der Waals surface area contributed by atoms with Crippen LogP contribution in [0.1, 0.15) is 17.5 Å². The molecule has 4 N–H and O–H groups in total. The Morgan fingerprint density at radius 1 is 1.04 bits per heavy atom. The van der Waals surface area contributed by atoms with E-state index in [0.29, 0.717) is 5.82 Å². The van der Waals surface area contributed by atoms with Gasteiger partial charge >= 0.3 is 0 Å². The summed E-state index contributed by atoms with van der Waals surface area (Å²) < 4.78 is 10.7. The van der Waals surface area contributed by atoms with Gasteiger partial charge in [0.25, 0.3) is 0 Å². The van der Waals surface area contributed by atoms with Crippen LogP contribution in [0, 0.1) is 0 Å². The minimum absolute atomic E-state index is 0.217. The Kier molecular flexibility index (Phi) is 4.71. The van der Waals surface area contributed by atoms with E-state index in [1.165, 1.54) is 0 Å². The highest BCUT2D eigenvalue weighted by molar-refractivity contribution is 7.17. The van der Waals surface area contributed by atoms with Crippen molar-refractivity contribution in [3.05, 3.63) is 34.7 Å². The number of nitrogen functional groups attached to an aromatic ring is 2. The SMILES string of the molecule is COc1ccc(OC)c(CCCc2csc3nc(N)nc(N)c23)c1. The number of nitrogens with zero attached hydrogens (tertiary/aromatic N) is 2. The summed E-state index contributed by atoms with van der Waals surface area (Å²) in [6.45, 7) is 0. The summed E-state index contributed by atoms with van der Waals surface area (Å²) >= 11 is 1.55. The lowest BCUT2D eigenvalue weighted by Crippen LogP contribution is -2.00. The van der Waals surface area contributed by atoms with E-state index in [9.17, 15) is 0 Å². The second-order valence-electron chi connectivity index (χ2n) is 5.44. The van der Waals surface area contributed by atoms with Crippen molar-refractivity contribution in [1.29, 1.82) is 0 Å². The Morgan fingerprint density at radius 2 is 1.83 bits per heavy atom.